The maximum Gasteiger partial charge on any atom is 0.228 e. The van der Waals surface area contributed by atoms with E-state index < -0.39 is 0 Å². The zero-order valence-corrected chi connectivity index (χ0v) is 12.2. The molecule has 0 bridgehead atoms. The summed E-state index contributed by atoms with van der Waals surface area (Å²) >= 11 is 0. The van der Waals surface area contributed by atoms with E-state index in [-0.39, 0.29) is 11.8 Å². The van der Waals surface area contributed by atoms with Crippen molar-refractivity contribution in [2.45, 2.75) is 19.3 Å². The molecule has 2 atom stereocenters. The fourth-order valence-electron chi connectivity index (χ4n) is 2.56. The van der Waals surface area contributed by atoms with E-state index in [1.165, 1.54) is 5.56 Å². The topological polar surface area (TPSA) is 51.2 Å². The van der Waals surface area contributed by atoms with Gasteiger partial charge in [0.2, 0.25) is 5.91 Å². The van der Waals surface area contributed by atoms with Crippen LogP contribution in [0.3, 0.4) is 0 Å². The second-order valence-corrected chi connectivity index (χ2v) is 5.40. The van der Waals surface area contributed by atoms with Crippen molar-refractivity contribution < 1.29 is 9.53 Å². The number of ether oxygens (including phenoxy) is 1. The number of methoxy groups -OCH3 is 1. The normalized spacial score (nSPS) is 19.9. The first-order valence-corrected chi connectivity index (χ1v) is 7.05. The van der Waals surface area contributed by atoms with Crippen molar-refractivity contribution in [3.8, 4) is 5.75 Å². The van der Waals surface area contributed by atoms with E-state index in [1.807, 2.05) is 43.3 Å². The predicted octanol–water partition coefficient (Wildman–Crippen LogP) is 3.14. The number of hydrogen-bond acceptors (Lipinski definition) is 3. The van der Waals surface area contributed by atoms with E-state index in [0.29, 0.717) is 5.92 Å². The first-order chi connectivity index (χ1) is 10.2. The average Bonchev–Trinajstić information content (AvgIpc) is 3.28. The number of nitrogens with one attached hydrogen (secondary N) is 1. The smallest absolute Gasteiger partial charge is 0.228 e. The minimum Gasteiger partial charge on any atom is -0.497 e. The molecule has 1 aromatic heterocycles. The third-order valence-electron chi connectivity index (χ3n) is 3.84. The van der Waals surface area contributed by atoms with Crippen molar-refractivity contribution in [3.63, 3.8) is 0 Å². The molecule has 0 radical (unpaired) electrons. The minimum absolute atomic E-state index is 0.0619. The molecule has 1 saturated carbocycles. The number of aromatic nitrogens is 1. The Balaban J connectivity index is 1.62. The molecule has 0 aliphatic heterocycles. The van der Waals surface area contributed by atoms with Crippen LogP contribution >= 0.6 is 0 Å². The summed E-state index contributed by atoms with van der Waals surface area (Å²) in [6.07, 6.45) is 2.61. The molecule has 1 N–H and O–H groups in total. The first kappa shape index (κ1) is 13.6. The standard InChI is InChI=1S/C17H18N2O2/c1-11-9-13(7-8-18-11)19-17(20)16-10-15(16)12-3-5-14(21-2)6-4-12/h3-9,15-16H,10H2,1-2H3,(H,18,19,20). The van der Waals surface area contributed by atoms with E-state index in [1.54, 1.807) is 13.3 Å². The summed E-state index contributed by atoms with van der Waals surface area (Å²) in [5.74, 6) is 1.31. The van der Waals surface area contributed by atoms with E-state index in [2.05, 4.69) is 10.3 Å². The van der Waals surface area contributed by atoms with Crippen LogP contribution in [-0.2, 0) is 4.79 Å². The van der Waals surface area contributed by atoms with Gasteiger partial charge in [0.25, 0.3) is 0 Å². The van der Waals surface area contributed by atoms with E-state index >= 15 is 0 Å². The maximum absolute atomic E-state index is 12.2. The lowest BCUT2D eigenvalue weighted by molar-refractivity contribution is -0.117. The van der Waals surface area contributed by atoms with Crippen molar-refractivity contribution in [2.75, 3.05) is 12.4 Å². The van der Waals surface area contributed by atoms with Crippen molar-refractivity contribution in [1.29, 1.82) is 0 Å². The highest BCUT2D eigenvalue weighted by atomic mass is 16.5. The third kappa shape index (κ3) is 3.05. The van der Waals surface area contributed by atoms with Crippen molar-refractivity contribution >= 4 is 11.6 Å². The zero-order chi connectivity index (χ0) is 14.8. The fourth-order valence-corrected chi connectivity index (χ4v) is 2.56. The first-order valence-electron chi connectivity index (χ1n) is 7.05. The molecule has 1 amide bonds. The molecule has 21 heavy (non-hydrogen) atoms. The van der Waals surface area contributed by atoms with Gasteiger partial charge >= 0.3 is 0 Å². The number of pyridine rings is 1. The van der Waals surface area contributed by atoms with Gasteiger partial charge in [0.15, 0.2) is 0 Å². The molecule has 4 nitrogen and oxygen atoms in total. The number of anilines is 1. The SMILES string of the molecule is COc1ccc(C2CC2C(=O)Nc2ccnc(C)c2)cc1. The summed E-state index contributed by atoms with van der Waals surface area (Å²) in [5.41, 5.74) is 2.91. The van der Waals surface area contributed by atoms with Crippen LogP contribution in [0.15, 0.2) is 42.6 Å². The van der Waals surface area contributed by atoms with Gasteiger partial charge in [0.05, 0.1) is 7.11 Å². The lowest BCUT2D eigenvalue weighted by Crippen LogP contribution is -2.14. The molecule has 4 heteroatoms. The van der Waals surface area contributed by atoms with Crippen LogP contribution in [0, 0.1) is 12.8 Å². The van der Waals surface area contributed by atoms with Crippen LogP contribution in [0.1, 0.15) is 23.6 Å². The molecule has 3 rings (SSSR count). The molecule has 0 spiro atoms. The molecule has 2 unspecified atom stereocenters. The highest BCUT2D eigenvalue weighted by Crippen LogP contribution is 2.48. The summed E-state index contributed by atoms with van der Waals surface area (Å²) < 4.78 is 5.15. The Bertz CT molecular complexity index is 652. The van der Waals surface area contributed by atoms with Gasteiger partial charge in [-0.15, -0.1) is 0 Å². The van der Waals surface area contributed by atoms with Gasteiger partial charge in [-0.3, -0.25) is 9.78 Å². The number of nitrogens with zero attached hydrogens (tertiary/aromatic N) is 1. The van der Waals surface area contributed by atoms with Crippen LogP contribution in [-0.4, -0.2) is 18.0 Å². The fraction of sp³-hybridized carbons (Fsp3) is 0.294. The minimum atomic E-state index is 0.0619. The number of carbonyl (C=O) groups excluding carboxylic acids is 1. The Morgan fingerprint density at radius 3 is 2.71 bits per heavy atom. The molecule has 1 aliphatic rings. The summed E-state index contributed by atoms with van der Waals surface area (Å²) in [5, 5.41) is 2.96. The Morgan fingerprint density at radius 2 is 2.05 bits per heavy atom. The van der Waals surface area contributed by atoms with Gasteiger partial charge in [-0.2, -0.15) is 0 Å². The largest absolute Gasteiger partial charge is 0.497 e. The number of rotatable bonds is 4. The quantitative estimate of drug-likeness (QED) is 0.937. The summed E-state index contributed by atoms with van der Waals surface area (Å²) in [4.78, 5) is 16.4. The molecule has 0 saturated heterocycles. The Hall–Kier alpha value is -2.36. The third-order valence-corrected chi connectivity index (χ3v) is 3.84. The molecule has 1 fully saturated rings. The Morgan fingerprint density at radius 1 is 1.29 bits per heavy atom. The van der Waals surface area contributed by atoms with Crippen LogP contribution in [0.2, 0.25) is 0 Å². The van der Waals surface area contributed by atoms with Gasteiger partial charge < -0.3 is 10.1 Å². The van der Waals surface area contributed by atoms with Gasteiger partial charge in [0.1, 0.15) is 5.75 Å². The summed E-state index contributed by atoms with van der Waals surface area (Å²) in [7, 11) is 1.65. The molecule has 1 aromatic carbocycles. The van der Waals surface area contributed by atoms with E-state index in [4.69, 9.17) is 4.74 Å². The Kier molecular flexibility index (Phi) is 3.60. The molecule has 2 aromatic rings. The maximum atomic E-state index is 12.2. The monoisotopic (exact) mass is 282 g/mol. The Labute approximate surface area is 124 Å². The number of benzene rings is 1. The summed E-state index contributed by atoms with van der Waals surface area (Å²) in [6.45, 7) is 1.91. The molecule has 1 heterocycles. The highest BCUT2D eigenvalue weighted by Gasteiger charge is 2.43. The number of amides is 1. The van der Waals surface area contributed by atoms with Crippen molar-refractivity contribution in [2.24, 2.45) is 5.92 Å². The highest BCUT2D eigenvalue weighted by molar-refractivity contribution is 5.95. The molecule has 1 aliphatic carbocycles. The second-order valence-electron chi connectivity index (χ2n) is 5.40. The van der Waals surface area contributed by atoms with Crippen LogP contribution in [0.4, 0.5) is 5.69 Å². The van der Waals surface area contributed by atoms with Gasteiger partial charge in [-0.1, -0.05) is 12.1 Å². The van der Waals surface area contributed by atoms with Gasteiger partial charge in [-0.25, -0.2) is 0 Å². The van der Waals surface area contributed by atoms with Crippen molar-refractivity contribution in [3.05, 3.63) is 53.9 Å². The lowest BCUT2D eigenvalue weighted by Gasteiger charge is -2.06. The predicted molar refractivity (Wildman–Crippen MR) is 81.4 cm³/mol. The average molecular weight is 282 g/mol. The lowest BCUT2D eigenvalue weighted by atomic mass is 10.1. The second kappa shape index (κ2) is 5.56. The molecular weight excluding hydrogens is 264 g/mol. The zero-order valence-electron chi connectivity index (χ0n) is 12.2. The van der Waals surface area contributed by atoms with Gasteiger partial charge in [-0.05, 0) is 49.1 Å². The number of hydrogen-bond donors (Lipinski definition) is 1. The summed E-state index contributed by atoms with van der Waals surface area (Å²) in [6, 6.07) is 11.6. The van der Waals surface area contributed by atoms with Crippen molar-refractivity contribution in [1.82, 2.24) is 4.98 Å². The van der Waals surface area contributed by atoms with Crippen LogP contribution in [0.5, 0.6) is 5.75 Å². The van der Waals surface area contributed by atoms with E-state index in [0.717, 1.165) is 23.6 Å². The molecular formula is C17H18N2O2. The van der Waals surface area contributed by atoms with Gasteiger partial charge in [0, 0.05) is 23.5 Å². The molecule has 108 valence electrons. The van der Waals surface area contributed by atoms with E-state index in [9.17, 15) is 4.79 Å². The number of carbonyl (C=O) groups is 1. The number of aryl methyl sites for hydroxylation is 1. The van der Waals surface area contributed by atoms with Crippen LogP contribution < -0.4 is 10.1 Å². The van der Waals surface area contributed by atoms with Crippen LogP contribution in [0.25, 0.3) is 0 Å².